The largest absolute Gasteiger partial charge is 0.497 e. The highest BCUT2D eigenvalue weighted by atomic mass is 16.5. The summed E-state index contributed by atoms with van der Waals surface area (Å²) in [7, 11) is 1.55. The molecule has 0 N–H and O–H groups in total. The molecule has 8 nitrogen and oxygen atoms in total. The summed E-state index contributed by atoms with van der Waals surface area (Å²) < 4.78 is 10.8. The SMILES string of the molecule is COc1cccc(N2C[C@@H](C(=O)Oc3cccc(N4C(=O)[C@@H]5[C@H](C4=O)[C@@H]4C=C[C@H]5C4)c3)CC2=O)c1. The number of benzene rings is 2. The van der Waals surface area contributed by atoms with Crippen LogP contribution in [0.4, 0.5) is 11.4 Å². The molecular weight excluding hydrogens is 448 g/mol. The maximum atomic E-state index is 13.1. The highest BCUT2D eigenvalue weighted by Gasteiger charge is 2.59. The maximum absolute atomic E-state index is 13.1. The minimum absolute atomic E-state index is 0.0397. The number of anilines is 2. The second-order valence-electron chi connectivity index (χ2n) is 9.54. The molecule has 3 fully saturated rings. The average Bonchev–Trinajstić information content (AvgIpc) is 3.63. The first-order chi connectivity index (χ1) is 16.9. The van der Waals surface area contributed by atoms with Gasteiger partial charge >= 0.3 is 5.97 Å². The zero-order chi connectivity index (χ0) is 24.3. The van der Waals surface area contributed by atoms with Crippen molar-refractivity contribution in [3.8, 4) is 11.5 Å². The Morgan fingerprint density at radius 2 is 1.51 bits per heavy atom. The number of hydrogen-bond acceptors (Lipinski definition) is 6. The number of amides is 3. The number of esters is 1. The van der Waals surface area contributed by atoms with E-state index in [4.69, 9.17) is 9.47 Å². The third-order valence-electron chi connectivity index (χ3n) is 7.59. The minimum atomic E-state index is -0.631. The van der Waals surface area contributed by atoms with Crippen molar-refractivity contribution in [3.05, 3.63) is 60.7 Å². The molecule has 5 atom stereocenters. The lowest BCUT2D eigenvalue weighted by Crippen LogP contribution is -2.32. The van der Waals surface area contributed by atoms with Crippen molar-refractivity contribution in [2.45, 2.75) is 12.8 Å². The van der Waals surface area contributed by atoms with Gasteiger partial charge in [0.2, 0.25) is 17.7 Å². The van der Waals surface area contributed by atoms with Crippen molar-refractivity contribution in [1.82, 2.24) is 0 Å². The number of methoxy groups -OCH3 is 1. The molecule has 3 amide bonds. The molecule has 0 spiro atoms. The summed E-state index contributed by atoms with van der Waals surface area (Å²) in [4.78, 5) is 54.5. The second-order valence-corrected chi connectivity index (χ2v) is 9.54. The van der Waals surface area contributed by atoms with E-state index in [0.717, 1.165) is 6.42 Å². The van der Waals surface area contributed by atoms with E-state index >= 15 is 0 Å². The molecule has 2 bridgehead atoms. The molecule has 6 rings (SSSR count). The highest BCUT2D eigenvalue weighted by Crippen LogP contribution is 2.53. The van der Waals surface area contributed by atoms with E-state index in [2.05, 4.69) is 12.2 Å². The molecule has 2 saturated heterocycles. The van der Waals surface area contributed by atoms with Crippen LogP contribution in [0.1, 0.15) is 12.8 Å². The fraction of sp³-hybridized carbons (Fsp3) is 0.333. The lowest BCUT2D eigenvalue weighted by Gasteiger charge is -2.18. The molecule has 0 radical (unpaired) electrons. The quantitative estimate of drug-likeness (QED) is 0.288. The van der Waals surface area contributed by atoms with E-state index in [-0.39, 0.29) is 60.1 Å². The molecule has 2 aliphatic carbocycles. The molecule has 1 saturated carbocycles. The molecule has 2 heterocycles. The zero-order valence-electron chi connectivity index (χ0n) is 19.1. The zero-order valence-corrected chi connectivity index (χ0v) is 19.1. The molecule has 2 aromatic carbocycles. The molecule has 4 aliphatic rings. The number of nitrogens with zero attached hydrogens (tertiary/aromatic N) is 2. The van der Waals surface area contributed by atoms with E-state index in [9.17, 15) is 19.2 Å². The van der Waals surface area contributed by atoms with Gasteiger partial charge in [0.25, 0.3) is 0 Å². The topological polar surface area (TPSA) is 93.2 Å². The van der Waals surface area contributed by atoms with E-state index in [0.29, 0.717) is 17.1 Å². The number of fused-ring (bicyclic) bond motifs is 5. The summed E-state index contributed by atoms with van der Waals surface area (Å²) in [5, 5.41) is 0. The van der Waals surface area contributed by atoms with Crippen molar-refractivity contribution in [2.75, 3.05) is 23.5 Å². The molecule has 35 heavy (non-hydrogen) atoms. The van der Waals surface area contributed by atoms with E-state index < -0.39 is 11.9 Å². The van der Waals surface area contributed by atoms with Gasteiger partial charge in [-0.15, -0.1) is 0 Å². The van der Waals surface area contributed by atoms with Gasteiger partial charge in [-0.2, -0.15) is 0 Å². The summed E-state index contributed by atoms with van der Waals surface area (Å²) in [5.74, 6) is -1.18. The van der Waals surface area contributed by atoms with E-state index in [1.807, 2.05) is 0 Å². The normalized spacial score (nSPS) is 28.7. The Labute approximate surface area is 202 Å². The summed E-state index contributed by atoms with van der Waals surface area (Å²) in [6.45, 7) is 0.201. The van der Waals surface area contributed by atoms with Crippen LogP contribution in [-0.4, -0.2) is 37.3 Å². The Hall–Kier alpha value is -3.94. The predicted molar refractivity (Wildman–Crippen MR) is 126 cm³/mol. The van der Waals surface area contributed by atoms with Crippen LogP contribution in [0.15, 0.2) is 60.7 Å². The number of ether oxygens (including phenoxy) is 2. The van der Waals surface area contributed by atoms with Gasteiger partial charge in [0.15, 0.2) is 0 Å². The average molecular weight is 472 g/mol. The Kier molecular flexibility index (Phi) is 4.98. The molecular formula is C27H24N2O6. The number of allylic oxidation sites excluding steroid dienone is 2. The van der Waals surface area contributed by atoms with E-state index in [1.165, 1.54) is 4.90 Å². The lowest BCUT2D eigenvalue weighted by atomic mass is 9.85. The summed E-state index contributed by atoms with van der Waals surface area (Å²) >= 11 is 0. The standard InChI is InChI=1S/C27H24N2O6/c1-34-20-6-2-4-18(12-20)28-14-17(11-22(28)30)27(33)35-21-7-3-5-19(13-21)29-25(31)23-15-8-9-16(10-15)24(23)26(29)32/h2-9,12-13,15-17,23-24H,10-11,14H2,1H3/t15-,16+,17-,23-,24+/m0/s1. The van der Waals surface area contributed by atoms with Crippen LogP contribution >= 0.6 is 0 Å². The molecule has 2 aliphatic heterocycles. The maximum Gasteiger partial charge on any atom is 0.316 e. The predicted octanol–water partition coefficient (Wildman–Crippen LogP) is 2.97. The number of carbonyl (C=O) groups excluding carboxylic acids is 4. The first-order valence-corrected chi connectivity index (χ1v) is 11.8. The summed E-state index contributed by atoms with van der Waals surface area (Å²) in [6.07, 6.45) is 5.01. The Morgan fingerprint density at radius 1 is 0.886 bits per heavy atom. The molecule has 2 aromatic rings. The number of carbonyl (C=O) groups is 4. The van der Waals surface area contributed by atoms with Crippen LogP contribution in [0.25, 0.3) is 0 Å². The Morgan fingerprint density at radius 3 is 2.20 bits per heavy atom. The third kappa shape index (κ3) is 3.43. The van der Waals surface area contributed by atoms with Crippen LogP contribution in [0, 0.1) is 29.6 Å². The Balaban J connectivity index is 1.16. The van der Waals surface area contributed by atoms with Crippen LogP contribution in [0.2, 0.25) is 0 Å². The number of hydrogen-bond donors (Lipinski definition) is 0. The van der Waals surface area contributed by atoms with Gasteiger partial charge in [-0.25, -0.2) is 4.90 Å². The van der Waals surface area contributed by atoms with Gasteiger partial charge in [0.05, 0.1) is 30.6 Å². The monoisotopic (exact) mass is 472 g/mol. The van der Waals surface area contributed by atoms with E-state index in [1.54, 1.807) is 60.5 Å². The van der Waals surface area contributed by atoms with Crippen LogP contribution in [0.5, 0.6) is 11.5 Å². The van der Waals surface area contributed by atoms with Gasteiger partial charge in [-0.05, 0) is 42.5 Å². The van der Waals surface area contributed by atoms with Crippen molar-refractivity contribution in [2.24, 2.45) is 29.6 Å². The van der Waals surface area contributed by atoms with Crippen molar-refractivity contribution < 1.29 is 28.7 Å². The fourth-order valence-corrected chi connectivity index (χ4v) is 5.94. The Bertz CT molecular complexity index is 1260. The van der Waals surface area contributed by atoms with Crippen LogP contribution in [0.3, 0.4) is 0 Å². The van der Waals surface area contributed by atoms with Gasteiger partial charge in [0, 0.05) is 30.8 Å². The summed E-state index contributed by atoms with van der Waals surface area (Å²) in [5.41, 5.74) is 1.06. The van der Waals surface area contributed by atoms with Crippen molar-refractivity contribution in [1.29, 1.82) is 0 Å². The van der Waals surface area contributed by atoms with Gasteiger partial charge in [-0.1, -0.05) is 24.3 Å². The molecule has 8 heteroatoms. The highest BCUT2D eigenvalue weighted by molar-refractivity contribution is 6.22. The summed E-state index contributed by atoms with van der Waals surface area (Å²) in [6, 6.07) is 13.6. The van der Waals surface area contributed by atoms with Crippen LogP contribution < -0.4 is 19.3 Å². The first-order valence-electron chi connectivity index (χ1n) is 11.8. The van der Waals surface area contributed by atoms with Gasteiger partial charge in [-0.3, -0.25) is 19.2 Å². The van der Waals surface area contributed by atoms with Gasteiger partial charge in [0.1, 0.15) is 11.5 Å². The first kappa shape index (κ1) is 21.6. The third-order valence-corrected chi connectivity index (χ3v) is 7.59. The molecule has 178 valence electrons. The number of imide groups is 1. The van der Waals surface area contributed by atoms with Crippen LogP contribution in [-0.2, 0) is 19.2 Å². The lowest BCUT2D eigenvalue weighted by molar-refractivity contribution is -0.139. The smallest absolute Gasteiger partial charge is 0.316 e. The minimum Gasteiger partial charge on any atom is -0.497 e. The molecule has 0 aromatic heterocycles. The fourth-order valence-electron chi connectivity index (χ4n) is 5.94. The molecule has 0 unspecified atom stereocenters. The number of rotatable bonds is 5. The van der Waals surface area contributed by atoms with Gasteiger partial charge < -0.3 is 14.4 Å². The van der Waals surface area contributed by atoms with Crippen molar-refractivity contribution in [3.63, 3.8) is 0 Å². The van der Waals surface area contributed by atoms with Crippen molar-refractivity contribution >= 4 is 35.1 Å². The second kappa shape index (κ2) is 8.08.